The zero-order valence-corrected chi connectivity index (χ0v) is 23.5. The standard InChI is InChI=1S/C26H20Br2N2O5S/c1-4-34-25(32)20-13(2)29-26-30(24(31)19(36-26)12-15-11-17(27)23(28)35-15)22(20)21-16-8-6-5-7-14(16)9-10-18(21)33-3/h5-12,22H,4H2,1-3H3/b19-12+/t22-/m1/s1. The number of nitrogens with zero attached hydrogens (tertiary/aromatic N) is 2. The van der Waals surface area contributed by atoms with Crippen LogP contribution in [0.5, 0.6) is 5.75 Å². The monoisotopic (exact) mass is 630 g/mol. The number of rotatable bonds is 5. The fraction of sp³-hybridized carbons (Fsp3) is 0.192. The summed E-state index contributed by atoms with van der Waals surface area (Å²) in [5.41, 5.74) is 1.19. The lowest BCUT2D eigenvalue weighted by Crippen LogP contribution is -2.40. The smallest absolute Gasteiger partial charge is 0.338 e. The summed E-state index contributed by atoms with van der Waals surface area (Å²) in [6, 6.07) is 12.6. The fourth-order valence-corrected chi connectivity index (χ4v) is 6.00. The number of ether oxygens (including phenoxy) is 2. The van der Waals surface area contributed by atoms with Crippen LogP contribution in [0.1, 0.15) is 31.2 Å². The lowest BCUT2D eigenvalue weighted by Gasteiger charge is -2.27. The van der Waals surface area contributed by atoms with Gasteiger partial charge in [0.25, 0.3) is 5.56 Å². The first-order chi connectivity index (χ1) is 17.3. The molecule has 5 rings (SSSR count). The van der Waals surface area contributed by atoms with Gasteiger partial charge in [-0.15, -0.1) is 0 Å². The van der Waals surface area contributed by atoms with Crippen LogP contribution in [-0.4, -0.2) is 24.3 Å². The number of thiazole rings is 1. The van der Waals surface area contributed by atoms with Gasteiger partial charge in [0.1, 0.15) is 17.6 Å². The molecule has 4 aromatic rings. The Morgan fingerprint density at radius 3 is 2.72 bits per heavy atom. The summed E-state index contributed by atoms with van der Waals surface area (Å²) in [5.74, 6) is 0.537. The van der Waals surface area contributed by atoms with Crippen molar-refractivity contribution in [2.24, 2.45) is 4.99 Å². The molecule has 7 nitrogen and oxygen atoms in total. The van der Waals surface area contributed by atoms with E-state index in [0.29, 0.717) is 42.3 Å². The predicted molar refractivity (Wildman–Crippen MR) is 145 cm³/mol. The van der Waals surface area contributed by atoms with Crippen molar-refractivity contribution >= 4 is 66.0 Å². The molecule has 1 aliphatic heterocycles. The lowest BCUT2D eigenvalue weighted by molar-refractivity contribution is -0.139. The predicted octanol–water partition coefficient (Wildman–Crippen LogP) is 5.08. The van der Waals surface area contributed by atoms with Gasteiger partial charge in [-0.05, 0) is 68.6 Å². The first kappa shape index (κ1) is 24.7. The van der Waals surface area contributed by atoms with E-state index in [1.807, 2.05) is 36.4 Å². The second-order valence-corrected chi connectivity index (χ2v) is 10.6. The summed E-state index contributed by atoms with van der Waals surface area (Å²) in [7, 11) is 1.57. The summed E-state index contributed by atoms with van der Waals surface area (Å²) in [5, 5.41) is 1.82. The third-order valence-electron chi connectivity index (χ3n) is 5.88. The maximum absolute atomic E-state index is 13.9. The summed E-state index contributed by atoms with van der Waals surface area (Å²) in [4.78, 5) is 32.2. The summed E-state index contributed by atoms with van der Waals surface area (Å²) >= 11 is 7.96. The van der Waals surface area contributed by atoms with Gasteiger partial charge in [0.2, 0.25) is 0 Å². The molecule has 0 fully saturated rings. The largest absolute Gasteiger partial charge is 0.496 e. The minimum Gasteiger partial charge on any atom is -0.496 e. The first-order valence-electron chi connectivity index (χ1n) is 11.0. The van der Waals surface area contributed by atoms with E-state index in [-0.39, 0.29) is 12.2 Å². The van der Waals surface area contributed by atoms with Crippen LogP contribution in [0.25, 0.3) is 16.8 Å². The highest BCUT2D eigenvalue weighted by atomic mass is 79.9. The third kappa shape index (κ3) is 4.16. The number of hydrogen-bond acceptors (Lipinski definition) is 7. The first-order valence-corrected chi connectivity index (χ1v) is 13.4. The molecule has 1 atom stereocenters. The van der Waals surface area contributed by atoms with Gasteiger partial charge in [-0.1, -0.05) is 41.7 Å². The van der Waals surface area contributed by atoms with Gasteiger partial charge in [-0.2, -0.15) is 0 Å². The highest BCUT2D eigenvalue weighted by Gasteiger charge is 2.36. The molecule has 0 aliphatic carbocycles. The molecular formula is C26H20Br2N2O5S. The molecule has 10 heteroatoms. The van der Waals surface area contributed by atoms with E-state index in [4.69, 9.17) is 13.9 Å². The molecule has 2 aromatic heterocycles. The molecular weight excluding hydrogens is 612 g/mol. The number of fused-ring (bicyclic) bond motifs is 2. The van der Waals surface area contributed by atoms with Crippen molar-refractivity contribution in [3.63, 3.8) is 0 Å². The fourth-order valence-electron chi connectivity index (χ4n) is 4.36. The number of methoxy groups -OCH3 is 1. The van der Waals surface area contributed by atoms with Crippen molar-refractivity contribution in [3.05, 3.63) is 93.9 Å². The minimum absolute atomic E-state index is 0.196. The number of carbonyl (C=O) groups is 1. The van der Waals surface area contributed by atoms with Gasteiger partial charge < -0.3 is 13.9 Å². The Morgan fingerprint density at radius 2 is 2.03 bits per heavy atom. The molecule has 0 radical (unpaired) electrons. The quantitative estimate of drug-likeness (QED) is 0.287. The highest BCUT2D eigenvalue weighted by Crippen LogP contribution is 2.40. The number of benzene rings is 2. The number of aromatic nitrogens is 1. The molecule has 0 amide bonds. The molecule has 2 aromatic carbocycles. The van der Waals surface area contributed by atoms with Crippen LogP contribution in [0, 0.1) is 0 Å². The normalized spacial score (nSPS) is 15.7. The van der Waals surface area contributed by atoms with Crippen molar-refractivity contribution in [2.45, 2.75) is 19.9 Å². The molecule has 0 spiro atoms. The Bertz CT molecular complexity index is 1710. The summed E-state index contributed by atoms with van der Waals surface area (Å²) < 4.78 is 20.1. The van der Waals surface area contributed by atoms with Crippen LogP contribution in [0.3, 0.4) is 0 Å². The number of allylic oxidation sites excluding steroid dienone is 1. The van der Waals surface area contributed by atoms with E-state index in [0.717, 1.165) is 15.2 Å². The molecule has 0 unspecified atom stereocenters. The summed E-state index contributed by atoms with van der Waals surface area (Å²) in [6.07, 6.45) is 1.67. The number of carbonyl (C=O) groups excluding carboxylic acids is 1. The maximum Gasteiger partial charge on any atom is 0.338 e. The SMILES string of the molecule is CCOC(=O)C1=C(C)N=c2s/c(=C/c3cc(Br)c(Br)o3)c(=O)n2[C@H]1c1c(OC)ccc2ccccc12. The molecule has 36 heavy (non-hydrogen) atoms. The van der Waals surface area contributed by atoms with E-state index < -0.39 is 12.0 Å². The topological polar surface area (TPSA) is 83.0 Å². The highest BCUT2D eigenvalue weighted by molar-refractivity contribution is 9.13. The Hall–Kier alpha value is -2.95. The lowest BCUT2D eigenvalue weighted by atomic mass is 9.90. The Morgan fingerprint density at radius 1 is 1.25 bits per heavy atom. The van der Waals surface area contributed by atoms with Crippen LogP contribution < -0.4 is 19.6 Å². The van der Waals surface area contributed by atoms with Gasteiger partial charge in [0, 0.05) is 11.6 Å². The van der Waals surface area contributed by atoms with Crippen molar-refractivity contribution in [1.82, 2.24) is 4.57 Å². The van der Waals surface area contributed by atoms with Crippen LogP contribution in [0.15, 0.2) is 77.1 Å². The molecule has 184 valence electrons. The molecule has 0 saturated heterocycles. The third-order valence-corrected chi connectivity index (χ3v) is 8.57. The van der Waals surface area contributed by atoms with Gasteiger partial charge in [0.15, 0.2) is 9.47 Å². The Kier molecular flexibility index (Phi) is 6.76. The van der Waals surface area contributed by atoms with Crippen molar-refractivity contribution in [1.29, 1.82) is 0 Å². The second kappa shape index (κ2) is 9.84. The van der Waals surface area contributed by atoms with E-state index in [2.05, 4.69) is 36.9 Å². The van der Waals surface area contributed by atoms with Crippen molar-refractivity contribution in [3.8, 4) is 5.75 Å². The maximum atomic E-state index is 13.9. The van der Waals surface area contributed by atoms with Crippen molar-refractivity contribution in [2.75, 3.05) is 13.7 Å². The van der Waals surface area contributed by atoms with Crippen LogP contribution in [-0.2, 0) is 9.53 Å². The number of hydrogen-bond donors (Lipinski definition) is 0. The van der Waals surface area contributed by atoms with Gasteiger partial charge in [0.05, 0.1) is 34.0 Å². The molecule has 1 aliphatic rings. The molecule has 0 N–H and O–H groups in total. The van der Waals surface area contributed by atoms with Gasteiger partial charge >= 0.3 is 5.97 Å². The van der Waals surface area contributed by atoms with E-state index in [1.165, 1.54) is 11.3 Å². The Balaban J connectivity index is 1.85. The molecule has 0 saturated carbocycles. The number of esters is 1. The van der Waals surface area contributed by atoms with E-state index >= 15 is 0 Å². The van der Waals surface area contributed by atoms with Crippen LogP contribution in [0.2, 0.25) is 0 Å². The zero-order valence-electron chi connectivity index (χ0n) is 19.5. The van der Waals surface area contributed by atoms with Crippen molar-refractivity contribution < 1.29 is 18.7 Å². The van der Waals surface area contributed by atoms with Gasteiger partial charge in [-0.25, -0.2) is 9.79 Å². The average molecular weight is 632 g/mol. The second-order valence-electron chi connectivity index (χ2n) is 7.98. The van der Waals surface area contributed by atoms with E-state index in [1.54, 1.807) is 37.7 Å². The molecule has 0 bridgehead atoms. The average Bonchev–Trinajstić information content (AvgIpc) is 3.34. The van der Waals surface area contributed by atoms with Gasteiger partial charge in [-0.3, -0.25) is 9.36 Å². The Labute approximate surface area is 226 Å². The van der Waals surface area contributed by atoms with E-state index in [9.17, 15) is 9.59 Å². The molecule has 3 heterocycles. The number of furan rings is 1. The summed E-state index contributed by atoms with van der Waals surface area (Å²) in [6.45, 7) is 3.70. The van der Waals surface area contributed by atoms with Crippen LogP contribution in [0.4, 0.5) is 0 Å². The minimum atomic E-state index is -0.793. The van der Waals surface area contributed by atoms with Crippen LogP contribution >= 0.6 is 43.2 Å². The zero-order chi connectivity index (χ0) is 25.6. The number of halogens is 2.